The first kappa shape index (κ1) is 17.4. The van der Waals surface area contributed by atoms with E-state index in [9.17, 15) is 21.6 Å². The van der Waals surface area contributed by atoms with Gasteiger partial charge in [0, 0.05) is 17.6 Å². The highest BCUT2D eigenvalue weighted by Gasteiger charge is 2.37. The van der Waals surface area contributed by atoms with Crippen molar-refractivity contribution >= 4 is 21.4 Å². The van der Waals surface area contributed by atoms with Crippen LogP contribution < -0.4 is 0 Å². The quantitative estimate of drug-likeness (QED) is 0.817. The number of halogens is 3. The lowest BCUT2D eigenvalue weighted by Gasteiger charge is -2.34. The molecule has 24 heavy (non-hydrogen) atoms. The largest absolute Gasteiger partial charge is 0.417 e. The van der Waals surface area contributed by atoms with Crippen molar-refractivity contribution in [2.45, 2.75) is 37.0 Å². The number of alkyl halides is 3. The predicted molar refractivity (Wildman–Crippen MR) is 84.2 cm³/mol. The summed E-state index contributed by atoms with van der Waals surface area (Å²) in [7, 11) is -3.95. The molecule has 4 nitrogen and oxygen atoms in total. The molecule has 3 heterocycles. The van der Waals surface area contributed by atoms with Gasteiger partial charge in [0.2, 0.25) is 0 Å². The van der Waals surface area contributed by atoms with Crippen LogP contribution in [0.3, 0.4) is 0 Å². The van der Waals surface area contributed by atoms with Crippen LogP contribution in [0.4, 0.5) is 13.2 Å². The molecule has 0 saturated carbocycles. The highest BCUT2D eigenvalue weighted by atomic mass is 32.2. The predicted octanol–water partition coefficient (Wildman–Crippen LogP) is 3.86. The van der Waals surface area contributed by atoms with E-state index >= 15 is 0 Å². The van der Waals surface area contributed by atoms with Gasteiger partial charge in [-0.3, -0.25) is 0 Å². The number of aromatic nitrogens is 1. The minimum Gasteiger partial charge on any atom is -0.243 e. The molecular weight excluding hydrogens is 361 g/mol. The fraction of sp³-hybridized carbons (Fsp3) is 0.400. The fourth-order valence-corrected chi connectivity index (χ4v) is 5.43. The van der Waals surface area contributed by atoms with E-state index in [1.165, 1.54) is 4.31 Å². The molecule has 2 aromatic rings. The van der Waals surface area contributed by atoms with E-state index in [1.807, 2.05) is 18.4 Å². The lowest BCUT2D eigenvalue weighted by Crippen LogP contribution is -2.39. The van der Waals surface area contributed by atoms with Crippen molar-refractivity contribution in [1.29, 1.82) is 0 Å². The molecule has 0 radical (unpaired) electrons. The van der Waals surface area contributed by atoms with Crippen LogP contribution in [0.5, 0.6) is 0 Å². The molecule has 1 atom stereocenters. The second-order valence-corrected chi connectivity index (χ2v) is 8.31. The molecule has 2 aromatic heterocycles. The molecule has 0 fully saturated rings. The Kier molecular flexibility index (Phi) is 4.43. The third kappa shape index (κ3) is 2.96. The maximum absolute atomic E-state index is 12.8. The van der Waals surface area contributed by atoms with Crippen LogP contribution in [-0.2, 0) is 22.6 Å². The van der Waals surface area contributed by atoms with Gasteiger partial charge in [-0.15, -0.1) is 11.3 Å². The summed E-state index contributed by atoms with van der Waals surface area (Å²) >= 11 is 1.60. The number of sulfonamides is 1. The Labute approximate surface area is 142 Å². The molecule has 0 spiro atoms. The van der Waals surface area contributed by atoms with E-state index < -0.39 is 21.8 Å². The molecule has 0 N–H and O–H groups in total. The van der Waals surface area contributed by atoms with Crippen molar-refractivity contribution in [2.75, 3.05) is 6.54 Å². The molecular formula is C15H15F3N2O2S2. The van der Waals surface area contributed by atoms with Gasteiger partial charge in [0.25, 0.3) is 10.0 Å². The lowest BCUT2D eigenvalue weighted by atomic mass is 10.0. The molecule has 130 valence electrons. The van der Waals surface area contributed by atoms with Crippen molar-refractivity contribution in [1.82, 2.24) is 9.29 Å². The van der Waals surface area contributed by atoms with E-state index in [2.05, 4.69) is 4.98 Å². The molecule has 0 saturated heterocycles. The minimum atomic E-state index is -4.54. The second-order valence-electron chi connectivity index (χ2n) is 5.47. The summed E-state index contributed by atoms with van der Waals surface area (Å²) < 4.78 is 64.9. The SMILES string of the molecule is CCC1c2ccsc2CCN1S(=O)(=O)c1ccc(C(F)(F)F)cn1. The van der Waals surface area contributed by atoms with E-state index in [1.54, 1.807) is 11.3 Å². The summed E-state index contributed by atoms with van der Waals surface area (Å²) in [5.74, 6) is 0. The number of nitrogens with zero attached hydrogens (tertiary/aromatic N) is 2. The third-order valence-electron chi connectivity index (χ3n) is 4.07. The summed E-state index contributed by atoms with van der Waals surface area (Å²) in [5, 5.41) is 1.58. The van der Waals surface area contributed by atoms with Crippen LogP contribution in [0.2, 0.25) is 0 Å². The Morgan fingerprint density at radius 1 is 1.33 bits per heavy atom. The van der Waals surface area contributed by atoms with Gasteiger partial charge in [-0.2, -0.15) is 17.5 Å². The van der Waals surface area contributed by atoms with Crippen molar-refractivity contribution in [2.24, 2.45) is 0 Å². The van der Waals surface area contributed by atoms with Gasteiger partial charge in [-0.25, -0.2) is 13.4 Å². The first-order valence-electron chi connectivity index (χ1n) is 7.36. The van der Waals surface area contributed by atoms with Gasteiger partial charge < -0.3 is 0 Å². The van der Waals surface area contributed by atoms with Crippen LogP contribution in [0, 0.1) is 0 Å². The lowest BCUT2D eigenvalue weighted by molar-refractivity contribution is -0.137. The normalized spacial score (nSPS) is 19.2. The second kappa shape index (κ2) is 6.12. The van der Waals surface area contributed by atoms with Crippen molar-refractivity contribution in [3.05, 3.63) is 45.8 Å². The summed E-state index contributed by atoms with van der Waals surface area (Å²) in [6, 6.07) is 3.28. The zero-order valence-corrected chi connectivity index (χ0v) is 14.4. The van der Waals surface area contributed by atoms with Crippen molar-refractivity contribution in [3.63, 3.8) is 0 Å². The average molecular weight is 376 g/mol. The van der Waals surface area contributed by atoms with Crippen LogP contribution in [0.1, 0.15) is 35.4 Å². The van der Waals surface area contributed by atoms with Gasteiger partial charge in [-0.1, -0.05) is 6.92 Å². The minimum absolute atomic E-state index is 0.303. The molecule has 1 aliphatic rings. The summed E-state index contributed by atoms with van der Waals surface area (Å²) in [6.45, 7) is 2.19. The number of hydrogen-bond acceptors (Lipinski definition) is 4. The van der Waals surface area contributed by atoms with Crippen molar-refractivity contribution < 1.29 is 21.6 Å². The standard InChI is InChI=1S/C15H15F3N2O2S2/c1-2-12-11-6-8-23-13(11)5-7-20(12)24(21,22)14-4-3-10(9-19-14)15(16,17)18/h3-4,6,8-9,12H,2,5,7H2,1H3. The monoisotopic (exact) mass is 376 g/mol. The van der Waals surface area contributed by atoms with Crippen LogP contribution in [0.25, 0.3) is 0 Å². The summed E-state index contributed by atoms with van der Waals surface area (Å²) in [5.41, 5.74) is 0.0106. The van der Waals surface area contributed by atoms with E-state index in [0.717, 1.165) is 22.6 Å². The number of fused-ring (bicyclic) bond motifs is 1. The summed E-state index contributed by atoms with van der Waals surface area (Å²) in [6.07, 6.45) is -2.79. The molecule has 0 bridgehead atoms. The summed E-state index contributed by atoms with van der Waals surface area (Å²) in [4.78, 5) is 4.72. The Morgan fingerprint density at radius 2 is 2.08 bits per heavy atom. The van der Waals surface area contributed by atoms with Crippen LogP contribution in [0.15, 0.2) is 34.8 Å². The number of hydrogen-bond donors (Lipinski definition) is 0. The highest BCUT2D eigenvalue weighted by molar-refractivity contribution is 7.89. The van der Waals surface area contributed by atoms with Crippen LogP contribution >= 0.6 is 11.3 Å². The maximum atomic E-state index is 12.8. The number of pyridine rings is 1. The molecule has 1 unspecified atom stereocenters. The molecule has 3 rings (SSSR count). The molecule has 0 amide bonds. The zero-order chi connectivity index (χ0) is 17.5. The molecule has 9 heteroatoms. The van der Waals surface area contributed by atoms with Gasteiger partial charge in [0.05, 0.1) is 11.6 Å². The number of rotatable bonds is 3. The Hall–Kier alpha value is -1.45. The van der Waals surface area contributed by atoms with Gasteiger partial charge in [0.15, 0.2) is 5.03 Å². The van der Waals surface area contributed by atoms with E-state index in [0.29, 0.717) is 25.6 Å². The number of thiophene rings is 1. The maximum Gasteiger partial charge on any atom is 0.417 e. The van der Waals surface area contributed by atoms with Gasteiger partial charge >= 0.3 is 6.18 Å². The van der Waals surface area contributed by atoms with E-state index in [4.69, 9.17) is 0 Å². The Bertz CT molecular complexity index is 829. The highest BCUT2D eigenvalue weighted by Crippen LogP contribution is 2.38. The first-order chi connectivity index (χ1) is 11.2. The van der Waals surface area contributed by atoms with Gasteiger partial charge in [-0.05, 0) is 42.0 Å². The molecule has 1 aliphatic heterocycles. The van der Waals surface area contributed by atoms with Crippen LogP contribution in [-0.4, -0.2) is 24.3 Å². The smallest absolute Gasteiger partial charge is 0.243 e. The first-order valence-corrected chi connectivity index (χ1v) is 9.68. The van der Waals surface area contributed by atoms with E-state index in [-0.39, 0.29) is 11.1 Å². The molecule has 0 aromatic carbocycles. The fourth-order valence-electron chi connectivity index (χ4n) is 2.91. The topological polar surface area (TPSA) is 50.3 Å². The van der Waals surface area contributed by atoms with Crippen molar-refractivity contribution in [3.8, 4) is 0 Å². The zero-order valence-electron chi connectivity index (χ0n) is 12.7. The average Bonchev–Trinajstić information content (AvgIpc) is 3.01. The Balaban J connectivity index is 1.96. The molecule has 0 aliphatic carbocycles. The Morgan fingerprint density at radius 3 is 2.67 bits per heavy atom. The third-order valence-corrected chi connectivity index (χ3v) is 6.89. The van der Waals surface area contributed by atoms with Gasteiger partial charge in [0.1, 0.15) is 0 Å².